The minimum Gasteiger partial charge on any atom is -0.389 e. The van der Waals surface area contributed by atoms with Crippen LogP contribution < -0.4 is 0 Å². The van der Waals surface area contributed by atoms with E-state index in [1.54, 1.807) is 0 Å². The summed E-state index contributed by atoms with van der Waals surface area (Å²) in [4.78, 5) is 11.8. The van der Waals surface area contributed by atoms with E-state index < -0.39 is 5.60 Å². The van der Waals surface area contributed by atoms with Gasteiger partial charge in [-0.25, -0.2) is 0 Å². The monoisotopic (exact) mass is 200 g/mol. The molecule has 0 aliphatic rings. The summed E-state index contributed by atoms with van der Waals surface area (Å²) in [6.45, 7) is 11.5. The van der Waals surface area contributed by atoms with Crippen LogP contribution in [0.2, 0.25) is 0 Å². The number of ketones is 1. The van der Waals surface area contributed by atoms with Crippen LogP contribution in [-0.2, 0) is 4.79 Å². The molecule has 0 bridgehead atoms. The normalized spacial score (nSPS) is 18.4. The Labute approximate surface area is 87.7 Å². The molecule has 0 aliphatic heterocycles. The summed E-state index contributed by atoms with van der Waals surface area (Å²) >= 11 is 0. The van der Waals surface area contributed by atoms with Crippen molar-refractivity contribution < 1.29 is 9.90 Å². The Morgan fingerprint density at radius 1 is 1.21 bits per heavy atom. The minimum absolute atomic E-state index is 0.00169. The molecular formula is C12H24O2. The molecule has 0 aliphatic carbocycles. The number of Topliss-reactive ketones (excluding diaryl/α,β-unsaturated/α-hetero) is 1. The molecule has 0 fully saturated rings. The van der Waals surface area contributed by atoms with Crippen molar-refractivity contribution in [3.63, 3.8) is 0 Å². The Kier molecular flexibility index (Phi) is 4.79. The zero-order chi connectivity index (χ0) is 11.5. The first-order valence-electron chi connectivity index (χ1n) is 5.53. The van der Waals surface area contributed by atoms with E-state index in [1.807, 2.05) is 41.5 Å². The van der Waals surface area contributed by atoms with Crippen LogP contribution in [0.25, 0.3) is 0 Å². The highest BCUT2D eigenvalue weighted by Crippen LogP contribution is 2.31. The Morgan fingerprint density at radius 2 is 1.64 bits per heavy atom. The molecular weight excluding hydrogens is 176 g/mol. The van der Waals surface area contributed by atoms with Crippen LogP contribution in [0.4, 0.5) is 0 Å². The summed E-state index contributed by atoms with van der Waals surface area (Å²) in [7, 11) is 0. The van der Waals surface area contributed by atoms with Gasteiger partial charge >= 0.3 is 0 Å². The molecule has 0 aromatic heterocycles. The molecule has 2 heteroatoms. The molecule has 2 atom stereocenters. The van der Waals surface area contributed by atoms with Crippen molar-refractivity contribution in [2.45, 2.75) is 53.6 Å². The van der Waals surface area contributed by atoms with E-state index >= 15 is 0 Å². The zero-order valence-corrected chi connectivity index (χ0v) is 10.3. The van der Waals surface area contributed by atoms with Crippen LogP contribution in [0.15, 0.2) is 0 Å². The van der Waals surface area contributed by atoms with Crippen LogP contribution in [0.5, 0.6) is 0 Å². The average molecular weight is 200 g/mol. The number of aliphatic hydroxyl groups is 1. The molecule has 0 saturated heterocycles. The van der Waals surface area contributed by atoms with E-state index in [0.29, 0.717) is 6.42 Å². The van der Waals surface area contributed by atoms with Crippen molar-refractivity contribution >= 4 is 5.78 Å². The minimum atomic E-state index is -0.846. The predicted molar refractivity (Wildman–Crippen MR) is 59.1 cm³/mol. The second-order valence-electron chi connectivity index (χ2n) is 4.78. The second-order valence-corrected chi connectivity index (χ2v) is 4.78. The van der Waals surface area contributed by atoms with Gasteiger partial charge in [0.15, 0.2) is 0 Å². The zero-order valence-electron chi connectivity index (χ0n) is 10.3. The van der Waals surface area contributed by atoms with Gasteiger partial charge in [-0.15, -0.1) is 0 Å². The Hall–Kier alpha value is -0.370. The van der Waals surface area contributed by atoms with E-state index in [1.165, 1.54) is 0 Å². The summed E-state index contributed by atoms with van der Waals surface area (Å²) in [5.41, 5.74) is -0.846. The quantitative estimate of drug-likeness (QED) is 0.740. The van der Waals surface area contributed by atoms with Crippen LogP contribution in [-0.4, -0.2) is 16.5 Å². The molecule has 0 rings (SSSR count). The maximum absolute atomic E-state index is 11.8. The van der Waals surface area contributed by atoms with Gasteiger partial charge in [0.25, 0.3) is 0 Å². The predicted octanol–water partition coefficient (Wildman–Crippen LogP) is 2.64. The molecule has 0 aromatic carbocycles. The molecule has 14 heavy (non-hydrogen) atoms. The molecule has 0 spiro atoms. The Bertz CT molecular complexity index is 196. The van der Waals surface area contributed by atoms with E-state index in [-0.39, 0.29) is 23.5 Å². The van der Waals surface area contributed by atoms with Gasteiger partial charge in [0, 0.05) is 11.8 Å². The van der Waals surface area contributed by atoms with E-state index in [2.05, 4.69) is 0 Å². The molecule has 0 saturated carbocycles. The first kappa shape index (κ1) is 13.6. The van der Waals surface area contributed by atoms with E-state index in [0.717, 1.165) is 0 Å². The SMILES string of the molecule is CCC(O)(C(C)C)C(C)C(=O)C(C)C. The van der Waals surface area contributed by atoms with Gasteiger partial charge in [0.2, 0.25) is 0 Å². The van der Waals surface area contributed by atoms with Crippen molar-refractivity contribution in [2.24, 2.45) is 17.8 Å². The van der Waals surface area contributed by atoms with Gasteiger partial charge in [-0.2, -0.15) is 0 Å². The van der Waals surface area contributed by atoms with Crippen molar-refractivity contribution in [2.75, 3.05) is 0 Å². The number of hydrogen-bond donors (Lipinski definition) is 1. The van der Waals surface area contributed by atoms with Crippen LogP contribution >= 0.6 is 0 Å². The maximum atomic E-state index is 11.8. The highest BCUT2D eigenvalue weighted by Gasteiger charge is 2.39. The van der Waals surface area contributed by atoms with E-state index in [9.17, 15) is 9.90 Å². The molecule has 0 aromatic rings. The number of rotatable bonds is 5. The average Bonchev–Trinajstić information content (AvgIpc) is 2.13. The van der Waals surface area contributed by atoms with Crippen LogP contribution in [0, 0.1) is 17.8 Å². The molecule has 2 nitrogen and oxygen atoms in total. The van der Waals surface area contributed by atoms with Crippen molar-refractivity contribution in [1.82, 2.24) is 0 Å². The first-order chi connectivity index (χ1) is 6.27. The topological polar surface area (TPSA) is 37.3 Å². The summed E-state index contributed by atoms with van der Waals surface area (Å²) in [6, 6.07) is 0. The maximum Gasteiger partial charge on any atom is 0.141 e. The highest BCUT2D eigenvalue weighted by atomic mass is 16.3. The smallest absolute Gasteiger partial charge is 0.141 e. The fourth-order valence-electron chi connectivity index (χ4n) is 1.96. The standard InChI is InChI=1S/C12H24O2/c1-7-12(14,9(4)5)10(6)11(13)8(2)3/h8-10,14H,7H2,1-6H3. The largest absolute Gasteiger partial charge is 0.389 e. The molecule has 2 unspecified atom stereocenters. The molecule has 1 N–H and O–H groups in total. The molecule has 0 amide bonds. The van der Waals surface area contributed by atoms with E-state index in [4.69, 9.17) is 0 Å². The van der Waals surface area contributed by atoms with Crippen LogP contribution in [0.3, 0.4) is 0 Å². The van der Waals surface area contributed by atoms with Gasteiger partial charge in [-0.05, 0) is 12.3 Å². The number of carbonyl (C=O) groups is 1. The Balaban J connectivity index is 4.78. The van der Waals surface area contributed by atoms with Crippen molar-refractivity contribution in [1.29, 1.82) is 0 Å². The van der Waals surface area contributed by atoms with Gasteiger partial charge in [-0.3, -0.25) is 4.79 Å². The molecule has 0 heterocycles. The van der Waals surface area contributed by atoms with Gasteiger partial charge in [0.1, 0.15) is 5.78 Å². The number of carbonyl (C=O) groups excluding carboxylic acids is 1. The summed E-state index contributed by atoms with van der Waals surface area (Å²) in [5, 5.41) is 10.4. The first-order valence-corrected chi connectivity index (χ1v) is 5.53. The van der Waals surface area contributed by atoms with Gasteiger partial charge in [-0.1, -0.05) is 41.5 Å². The van der Waals surface area contributed by atoms with Crippen LogP contribution in [0.1, 0.15) is 48.0 Å². The number of hydrogen-bond acceptors (Lipinski definition) is 2. The molecule has 0 radical (unpaired) electrons. The lowest BCUT2D eigenvalue weighted by molar-refractivity contribution is -0.138. The Morgan fingerprint density at radius 3 is 1.86 bits per heavy atom. The summed E-state index contributed by atoms with van der Waals surface area (Å²) in [6.07, 6.45) is 0.629. The van der Waals surface area contributed by atoms with Gasteiger partial charge in [0.05, 0.1) is 5.60 Å². The fraction of sp³-hybridized carbons (Fsp3) is 0.917. The third-order valence-corrected chi connectivity index (χ3v) is 3.31. The van der Waals surface area contributed by atoms with Gasteiger partial charge < -0.3 is 5.11 Å². The summed E-state index contributed by atoms with van der Waals surface area (Å²) < 4.78 is 0. The second kappa shape index (κ2) is 4.92. The molecule has 84 valence electrons. The third kappa shape index (κ3) is 2.57. The van der Waals surface area contributed by atoms with Crippen molar-refractivity contribution in [3.8, 4) is 0 Å². The lowest BCUT2D eigenvalue weighted by atomic mass is 9.73. The fourth-order valence-corrected chi connectivity index (χ4v) is 1.96. The highest BCUT2D eigenvalue weighted by molar-refractivity contribution is 5.83. The third-order valence-electron chi connectivity index (χ3n) is 3.31. The lowest BCUT2D eigenvalue weighted by Crippen LogP contribution is -2.45. The van der Waals surface area contributed by atoms with Crippen molar-refractivity contribution in [3.05, 3.63) is 0 Å². The lowest BCUT2D eigenvalue weighted by Gasteiger charge is -2.37. The summed E-state index contributed by atoms with van der Waals surface area (Å²) in [5.74, 6) is 0.00238.